The monoisotopic (exact) mass is 315 g/mol. The molecule has 2 aromatic carbocycles. The molecule has 0 atom stereocenters. The molecule has 114 valence electrons. The van der Waals surface area contributed by atoms with Crippen LogP contribution in [-0.4, -0.2) is 18.0 Å². The van der Waals surface area contributed by atoms with Gasteiger partial charge >= 0.3 is 0 Å². The lowest BCUT2D eigenvalue weighted by molar-refractivity contribution is 0.601. The summed E-state index contributed by atoms with van der Waals surface area (Å²) in [6.45, 7) is 3.80. The molecule has 6 heteroatoms. The Balaban J connectivity index is 2.02. The van der Waals surface area contributed by atoms with Gasteiger partial charge in [0.15, 0.2) is 0 Å². The number of hydrogen-bond acceptors (Lipinski definition) is 3. The SMILES string of the molecule is Cc1ccc(C)c(NS(=O)(=O)c2ccc3c(c2)ncn3C)c1. The maximum absolute atomic E-state index is 12.6. The van der Waals surface area contributed by atoms with Crippen LogP contribution in [-0.2, 0) is 17.1 Å². The van der Waals surface area contributed by atoms with Crippen LogP contribution >= 0.6 is 0 Å². The van der Waals surface area contributed by atoms with E-state index in [1.54, 1.807) is 24.5 Å². The quantitative estimate of drug-likeness (QED) is 0.808. The molecular weight excluding hydrogens is 298 g/mol. The zero-order valence-electron chi connectivity index (χ0n) is 12.7. The maximum Gasteiger partial charge on any atom is 0.261 e. The minimum Gasteiger partial charge on any atom is -0.334 e. The van der Waals surface area contributed by atoms with E-state index in [0.29, 0.717) is 11.2 Å². The standard InChI is InChI=1S/C16H17N3O2S/c1-11-4-5-12(2)14(8-11)18-22(20,21)13-6-7-16-15(9-13)17-10-19(16)3/h4-10,18H,1-3H3. The first-order valence-corrected chi connectivity index (χ1v) is 8.36. The van der Waals surface area contributed by atoms with Crippen molar-refractivity contribution in [2.24, 2.45) is 7.05 Å². The molecule has 0 aliphatic heterocycles. The van der Waals surface area contributed by atoms with Crippen LogP contribution in [0.15, 0.2) is 47.6 Å². The van der Waals surface area contributed by atoms with E-state index >= 15 is 0 Å². The second kappa shape index (κ2) is 5.14. The highest BCUT2D eigenvalue weighted by molar-refractivity contribution is 7.92. The fraction of sp³-hybridized carbons (Fsp3) is 0.188. The molecule has 0 bridgehead atoms. The summed E-state index contributed by atoms with van der Waals surface area (Å²) in [4.78, 5) is 4.41. The first-order chi connectivity index (χ1) is 10.4. The van der Waals surface area contributed by atoms with E-state index < -0.39 is 10.0 Å². The number of fused-ring (bicyclic) bond motifs is 1. The number of aryl methyl sites for hydroxylation is 3. The van der Waals surface area contributed by atoms with Gasteiger partial charge in [-0.05, 0) is 49.2 Å². The fourth-order valence-electron chi connectivity index (χ4n) is 2.33. The van der Waals surface area contributed by atoms with Crippen molar-refractivity contribution in [3.63, 3.8) is 0 Å². The first kappa shape index (κ1) is 14.6. The smallest absolute Gasteiger partial charge is 0.261 e. The van der Waals surface area contributed by atoms with Crippen molar-refractivity contribution in [2.75, 3.05) is 4.72 Å². The average molecular weight is 315 g/mol. The van der Waals surface area contributed by atoms with Gasteiger partial charge in [-0.15, -0.1) is 0 Å². The van der Waals surface area contributed by atoms with Gasteiger partial charge in [0.05, 0.1) is 27.9 Å². The van der Waals surface area contributed by atoms with E-state index in [4.69, 9.17) is 0 Å². The fourth-order valence-corrected chi connectivity index (χ4v) is 3.47. The lowest BCUT2D eigenvalue weighted by atomic mass is 10.1. The molecule has 0 fully saturated rings. The number of hydrogen-bond donors (Lipinski definition) is 1. The van der Waals surface area contributed by atoms with Crippen molar-refractivity contribution in [1.29, 1.82) is 0 Å². The summed E-state index contributed by atoms with van der Waals surface area (Å²) in [5, 5.41) is 0. The Labute approximate surface area is 129 Å². The zero-order valence-corrected chi connectivity index (χ0v) is 13.5. The molecule has 0 saturated heterocycles. The van der Waals surface area contributed by atoms with E-state index in [1.807, 2.05) is 43.7 Å². The Kier molecular flexibility index (Phi) is 3.41. The maximum atomic E-state index is 12.6. The molecule has 0 radical (unpaired) electrons. The molecule has 1 aromatic heterocycles. The first-order valence-electron chi connectivity index (χ1n) is 6.88. The van der Waals surface area contributed by atoms with Crippen molar-refractivity contribution in [2.45, 2.75) is 18.7 Å². The molecular formula is C16H17N3O2S. The largest absolute Gasteiger partial charge is 0.334 e. The van der Waals surface area contributed by atoms with Gasteiger partial charge < -0.3 is 4.57 Å². The summed E-state index contributed by atoms with van der Waals surface area (Å²) in [5.74, 6) is 0. The second-order valence-electron chi connectivity index (χ2n) is 5.43. The van der Waals surface area contributed by atoms with Gasteiger partial charge in [0.25, 0.3) is 10.0 Å². The Morgan fingerprint density at radius 2 is 1.86 bits per heavy atom. The Morgan fingerprint density at radius 3 is 2.64 bits per heavy atom. The van der Waals surface area contributed by atoms with Crippen LogP contribution in [0.5, 0.6) is 0 Å². The van der Waals surface area contributed by atoms with Crippen molar-refractivity contribution in [1.82, 2.24) is 9.55 Å². The number of sulfonamides is 1. The Hall–Kier alpha value is -2.34. The van der Waals surface area contributed by atoms with Gasteiger partial charge in [-0.2, -0.15) is 0 Å². The topological polar surface area (TPSA) is 64.0 Å². The highest BCUT2D eigenvalue weighted by atomic mass is 32.2. The zero-order chi connectivity index (χ0) is 15.9. The summed E-state index contributed by atoms with van der Waals surface area (Å²) in [6.07, 6.45) is 1.67. The van der Waals surface area contributed by atoms with E-state index in [1.165, 1.54) is 0 Å². The number of imidazole rings is 1. The van der Waals surface area contributed by atoms with Gasteiger partial charge in [0, 0.05) is 7.05 Å². The predicted molar refractivity (Wildman–Crippen MR) is 87.4 cm³/mol. The van der Waals surface area contributed by atoms with Crippen LogP contribution in [0.25, 0.3) is 11.0 Å². The molecule has 22 heavy (non-hydrogen) atoms. The van der Waals surface area contributed by atoms with E-state index in [9.17, 15) is 8.42 Å². The van der Waals surface area contributed by atoms with Crippen molar-refractivity contribution >= 4 is 26.7 Å². The lowest BCUT2D eigenvalue weighted by Gasteiger charge is -2.11. The summed E-state index contributed by atoms with van der Waals surface area (Å²) in [5.41, 5.74) is 4.04. The van der Waals surface area contributed by atoms with Gasteiger partial charge in [-0.1, -0.05) is 12.1 Å². The van der Waals surface area contributed by atoms with Crippen molar-refractivity contribution in [3.8, 4) is 0 Å². The summed E-state index contributed by atoms with van der Waals surface area (Å²) < 4.78 is 29.6. The van der Waals surface area contributed by atoms with Crippen LogP contribution in [0.3, 0.4) is 0 Å². The highest BCUT2D eigenvalue weighted by Gasteiger charge is 2.16. The van der Waals surface area contributed by atoms with Gasteiger partial charge in [-0.25, -0.2) is 13.4 Å². The lowest BCUT2D eigenvalue weighted by Crippen LogP contribution is -2.13. The number of aromatic nitrogens is 2. The van der Waals surface area contributed by atoms with E-state index in [2.05, 4.69) is 9.71 Å². The van der Waals surface area contributed by atoms with Crippen molar-refractivity contribution in [3.05, 3.63) is 53.9 Å². The molecule has 5 nitrogen and oxygen atoms in total. The predicted octanol–water partition coefficient (Wildman–Crippen LogP) is 2.99. The normalized spacial score (nSPS) is 11.8. The Morgan fingerprint density at radius 1 is 1.09 bits per heavy atom. The summed E-state index contributed by atoms with van der Waals surface area (Å²) in [7, 11) is -1.76. The number of nitrogens with one attached hydrogen (secondary N) is 1. The minimum absolute atomic E-state index is 0.208. The molecule has 0 unspecified atom stereocenters. The molecule has 0 saturated carbocycles. The average Bonchev–Trinajstić information content (AvgIpc) is 2.84. The molecule has 1 N–H and O–H groups in total. The van der Waals surface area contributed by atoms with Crippen LogP contribution < -0.4 is 4.72 Å². The second-order valence-corrected chi connectivity index (χ2v) is 7.11. The third-order valence-electron chi connectivity index (χ3n) is 3.64. The molecule has 0 amide bonds. The minimum atomic E-state index is -3.63. The third-order valence-corrected chi connectivity index (χ3v) is 5.01. The van der Waals surface area contributed by atoms with Crippen LogP contribution in [0.4, 0.5) is 5.69 Å². The van der Waals surface area contributed by atoms with Crippen LogP contribution in [0.2, 0.25) is 0 Å². The number of benzene rings is 2. The molecule has 0 aliphatic carbocycles. The number of rotatable bonds is 3. The number of nitrogens with zero attached hydrogens (tertiary/aromatic N) is 2. The molecule has 0 aliphatic rings. The summed E-state index contributed by atoms with van der Waals surface area (Å²) >= 11 is 0. The highest BCUT2D eigenvalue weighted by Crippen LogP contribution is 2.23. The molecule has 0 spiro atoms. The van der Waals surface area contributed by atoms with Gasteiger partial charge in [0.1, 0.15) is 0 Å². The van der Waals surface area contributed by atoms with Gasteiger partial charge in [0.2, 0.25) is 0 Å². The van der Waals surface area contributed by atoms with Crippen LogP contribution in [0, 0.1) is 13.8 Å². The van der Waals surface area contributed by atoms with E-state index in [0.717, 1.165) is 16.6 Å². The third kappa shape index (κ3) is 2.57. The van der Waals surface area contributed by atoms with E-state index in [-0.39, 0.29) is 4.90 Å². The Bertz CT molecular complexity index is 959. The van der Waals surface area contributed by atoms with Crippen molar-refractivity contribution < 1.29 is 8.42 Å². The number of anilines is 1. The van der Waals surface area contributed by atoms with Gasteiger partial charge in [-0.3, -0.25) is 4.72 Å². The molecule has 1 heterocycles. The molecule has 3 aromatic rings. The van der Waals surface area contributed by atoms with Crippen LogP contribution in [0.1, 0.15) is 11.1 Å². The summed E-state index contributed by atoms with van der Waals surface area (Å²) in [6, 6.07) is 10.6. The molecule has 3 rings (SSSR count).